The van der Waals surface area contributed by atoms with E-state index in [0.29, 0.717) is 16.4 Å². The average molecular weight is 450 g/mol. The van der Waals surface area contributed by atoms with Gasteiger partial charge in [-0.05, 0) is 18.2 Å². The van der Waals surface area contributed by atoms with Crippen LogP contribution in [0.5, 0.6) is 0 Å². The van der Waals surface area contributed by atoms with Crippen LogP contribution in [0.25, 0.3) is 10.2 Å². The Hall–Kier alpha value is -4.06. The van der Waals surface area contributed by atoms with Gasteiger partial charge in [-0.1, -0.05) is 17.3 Å². The Morgan fingerprint density at radius 2 is 2.06 bits per heavy atom. The standard InChI is InChI=1S/C20H14N6O5S/c27-16(19-21-14-3-1-2-4-17(14)32-19)10-24-8-11(22-23-24)9-25-15-6-5-12(26(30)31)7-13(15)18(28)20(25)29/h1-6,8,13H,7,9-10H2. The number of allylic oxidation sites excluding steroid dienone is 4. The topological polar surface area (TPSA) is 141 Å². The van der Waals surface area contributed by atoms with Crippen LogP contribution in [-0.2, 0) is 22.7 Å². The average Bonchev–Trinajstić information content (AvgIpc) is 3.47. The fraction of sp³-hybridized carbons (Fsp3) is 0.200. The molecule has 1 atom stereocenters. The van der Waals surface area contributed by atoms with Crippen molar-refractivity contribution in [1.82, 2.24) is 24.9 Å². The van der Waals surface area contributed by atoms with Crippen molar-refractivity contribution in [2.75, 3.05) is 0 Å². The number of carbonyl (C=O) groups excluding carboxylic acids is 3. The highest BCUT2D eigenvalue weighted by atomic mass is 32.1. The number of fused-ring (bicyclic) bond motifs is 2. The highest BCUT2D eigenvalue weighted by Crippen LogP contribution is 2.35. The minimum Gasteiger partial charge on any atom is -0.303 e. The Morgan fingerprint density at radius 1 is 1.25 bits per heavy atom. The van der Waals surface area contributed by atoms with Gasteiger partial charge in [-0.2, -0.15) is 0 Å². The lowest BCUT2D eigenvalue weighted by atomic mass is 9.94. The predicted octanol–water partition coefficient (Wildman–Crippen LogP) is 1.75. The number of thiazole rings is 1. The van der Waals surface area contributed by atoms with E-state index in [9.17, 15) is 24.5 Å². The monoisotopic (exact) mass is 450 g/mol. The number of hydrogen-bond donors (Lipinski definition) is 0. The summed E-state index contributed by atoms with van der Waals surface area (Å²) in [7, 11) is 0. The van der Waals surface area contributed by atoms with Gasteiger partial charge in [0.05, 0.1) is 40.2 Å². The summed E-state index contributed by atoms with van der Waals surface area (Å²) in [5.74, 6) is -2.49. The van der Waals surface area contributed by atoms with Crippen molar-refractivity contribution < 1.29 is 19.3 Å². The molecule has 11 nitrogen and oxygen atoms in total. The zero-order valence-corrected chi connectivity index (χ0v) is 17.2. The quantitative estimate of drug-likeness (QED) is 0.239. The number of ketones is 2. The summed E-state index contributed by atoms with van der Waals surface area (Å²) in [4.78, 5) is 53.4. The fourth-order valence-electron chi connectivity index (χ4n) is 3.74. The Bertz CT molecular complexity index is 1340. The minimum absolute atomic E-state index is 0.0239. The molecule has 1 fully saturated rings. The highest BCUT2D eigenvalue weighted by Gasteiger charge is 2.46. The van der Waals surface area contributed by atoms with E-state index in [-0.39, 0.29) is 31.0 Å². The lowest BCUT2D eigenvalue weighted by Gasteiger charge is -2.19. The summed E-state index contributed by atoms with van der Waals surface area (Å²) in [6.07, 6.45) is 4.13. The van der Waals surface area contributed by atoms with Gasteiger partial charge in [0.1, 0.15) is 12.2 Å². The van der Waals surface area contributed by atoms with E-state index in [1.54, 1.807) is 0 Å². The molecule has 0 spiro atoms. The zero-order chi connectivity index (χ0) is 22.4. The fourth-order valence-corrected chi connectivity index (χ4v) is 4.63. The van der Waals surface area contributed by atoms with Crippen LogP contribution in [0.1, 0.15) is 21.9 Å². The lowest BCUT2D eigenvalue weighted by Crippen LogP contribution is -2.26. The Kier molecular flexibility index (Phi) is 4.70. The molecule has 32 heavy (non-hydrogen) atoms. The number of aromatic nitrogens is 4. The first kappa shape index (κ1) is 19.9. The third-order valence-corrected chi connectivity index (χ3v) is 6.36. The molecule has 160 valence electrons. The maximum atomic E-state index is 12.6. The van der Waals surface area contributed by atoms with E-state index in [4.69, 9.17) is 0 Å². The molecule has 5 rings (SSSR count). The van der Waals surface area contributed by atoms with Crippen molar-refractivity contribution in [3.63, 3.8) is 0 Å². The molecule has 1 amide bonds. The molecule has 2 aromatic heterocycles. The van der Waals surface area contributed by atoms with Crippen LogP contribution in [0, 0.1) is 16.0 Å². The maximum absolute atomic E-state index is 12.6. The number of Topliss-reactive ketones (excluding diaryl/α,β-unsaturated/α-hetero) is 2. The largest absolute Gasteiger partial charge is 0.303 e. The van der Waals surface area contributed by atoms with Gasteiger partial charge < -0.3 is 4.90 Å². The number of benzene rings is 1. The molecular weight excluding hydrogens is 436 g/mol. The summed E-state index contributed by atoms with van der Waals surface area (Å²) in [5, 5.41) is 19.3. The Morgan fingerprint density at radius 3 is 2.84 bits per heavy atom. The van der Waals surface area contributed by atoms with Crippen molar-refractivity contribution in [3.8, 4) is 0 Å². The van der Waals surface area contributed by atoms with Crippen molar-refractivity contribution in [2.45, 2.75) is 19.5 Å². The summed E-state index contributed by atoms with van der Waals surface area (Å²) in [6, 6.07) is 7.46. The van der Waals surface area contributed by atoms with E-state index in [1.807, 2.05) is 24.3 Å². The van der Waals surface area contributed by atoms with Crippen LogP contribution >= 0.6 is 11.3 Å². The number of hydrogen-bond acceptors (Lipinski definition) is 9. The second-order valence-corrected chi connectivity index (χ2v) is 8.37. The van der Waals surface area contributed by atoms with Crippen LogP contribution in [0.15, 0.2) is 54.0 Å². The van der Waals surface area contributed by atoms with Gasteiger partial charge in [0.2, 0.25) is 17.3 Å². The maximum Gasteiger partial charge on any atom is 0.295 e. The second-order valence-electron chi connectivity index (χ2n) is 7.34. The van der Waals surface area contributed by atoms with E-state index in [1.165, 1.54) is 39.3 Å². The number of nitro groups is 1. The number of rotatable bonds is 6. The molecule has 1 saturated heterocycles. The molecule has 0 saturated carbocycles. The molecular formula is C20H14N6O5S. The number of carbonyl (C=O) groups is 3. The van der Waals surface area contributed by atoms with Crippen LogP contribution in [-0.4, -0.2) is 47.3 Å². The van der Waals surface area contributed by atoms with Gasteiger partial charge >= 0.3 is 0 Å². The molecule has 1 aliphatic heterocycles. The van der Waals surface area contributed by atoms with Gasteiger partial charge in [-0.3, -0.25) is 24.5 Å². The lowest BCUT2D eigenvalue weighted by molar-refractivity contribution is -0.428. The molecule has 0 N–H and O–H groups in total. The summed E-state index contributed by atoms with van der Waals surface area (Å²) in [5.41, 5.74) is 1.43. The number of para-hydroxylation sites is 1. The van der Waals surface area contributed by atoms with E-state index >= 15 is 0 Å². The second kappa shape index (κ2) is 7.57. The van der Waals surface area contributed by atoms with Crippen molar-refractivity contribution in [2.24, 2.45) is 5.92 Å². The Balaban J connectivity index is 1.31. The van der Waals surface area contributed by atoms with Crippen molar-refractivity contribution >= 4 is 39.0 Å². The van der Waals surface area contributed by atoms with Crippen LogP contribution < -0.4 is 0 Å². The smallest absolute Gasteiger partial charge is 0.295 e. The predicted molar refractivity (Wildman–Crippen MR) is 111 cm³/mol. The number of nitrogens with zero attached hydrogens (tertiary/aromatic N) is 6. The Labute approximate surface area is 183 Å². The van der Waals surface area contributed by atoms with Crippen molar-refractivity contribution in [1.29, 1.82) is 0 Å². The molecule has 0 radical (unpaired) electrons. The normalized spacial score (nSPS) is 18.0. The zero-order valence-electron chi connectivity index (χ0n) is 16.4. The first-order valence-corrected chi connectivity index (χ1v) is 10.4. The summed E-state index contributed by atoms with van der Waals surface area (Å²) < 4.78 is 2.26. The van der Waals surface area contributed by atoms with Gasteiger partial charge in [-0.15, -0.1) is 16.4 Å². The van der Waals surface area contributed by atoms with Crippen molar-refractivity contribution in [3.05, 3.63) is 74.8 Å². The minimum atomic E-state index is -0.858. The van der Waals surface area contributed by atoms with Crippen LogP contribution in [0.4, 0.5) is 0 Å². The van der Waals surface area contributed by atoms with Gasteiger partial charge in [-0.25, -0.2) is 9.67 Å². The first-order chi connectivity index (χ1) is 15.4. The van der Waals surface area contributed by atoms with Gasteiger partial charge in [0.15, 0.2) is 5.01 Å². The highest BCUT2D eigenvalue weighted by molar-refractivity contribution is 7.20. The van der Waals surface area contributed by atoms with E-state index < -0.39 is 22.5 Å². The molecule has 3 aromatic rings. The van der Waals surface area contributed by atoms with Gasteiger partial charge in [0, 0.05) is 11.8 Å². The molecule has 1 aromatic carbocycles. The third-order valence-electron chi connectivity index (χ3n) is 5.28. The SMILES string of the molecule is O=C(Cn1cc(CN2C(=O)C(=O)C3CC([N+](=O)[O-])=CC=C32)nn1)c1nc2ccccc2s1. The molecule has 12 heteroatoms. The van der Waals surface area contributed by atoms with Crippen LogP contribution in [0.2, 0.25) is 0 Å². The van der Waals surface area contributed by atoms with Gasteiger partial charge in [0.25, 0.3) is 5.91 Å². The van der Waals surface area contributed by atoms with E-state index in [0.717, 1.165) is 10.2 Å². The van der Waals surface area contributed by atoms with Crippen LogP contribution in [0.3, 0.4) is 0 Å². The molecule has 0 bridgehead atoms. The molecule has 1 aliphatic carbocycles. The number of likely N-dealkylation sites (tertiary alicyclic amines) is 1. The molecule has 1 unspecified atom stereocenters. The first-order valence-electron chi connectivity index (χ1n) is 9.59. The summed E-state index contributed by atoms with van der Waals surface area (Å²) >= 11 is 1.30. The molecule has 2 aliphatic rings. The number of amides is 1. The molecule has 3 heterocycles. The van der Waals surface area contributed by atoms with E-state index in [2.05, 4.69) is 15.3 Å². The third kappa shape index (κ3) is 3.39. The summed E-state index contributed by atoms with van der Waals surface area (Å²) in [6.45, 7) is -0.0934.